The van der Waals surface area contributed by atoms with Crippen LogP contribution in [0.25, 0.3) is 11.3 Å². The molecule has 7 heteroatoms. The summed E-state index contributed by atoms with van der Waals surface area (Å²) in [5, 5.41) is 9.18. The molecule has 0 bridgehead atoms. The predicted octanol–water partition coefficient (Wildman–Crippen LogP) is 5.72. The molecule has 2 amide bonds. The molecule has 3 N–H and O–H groups in total. The van der Waals surface area contributed by atoms with Gasteiger partial charge in [-0.2, -0.15) is 0 Å². The summed E-state index contributed by atoms with van der Waals surface area (Å²) in [4.78, 5) is 33.8. The van der Waals surface area contributed by atoms with Crippen LogP contribution in [0.2, 0.25) is 0 Å². The lowest BCUT2D eigenvalue weighted by Gasteiger charge is -2.12. The lowest BCUT2D eigenvalue weighted by atomic mass is 10.0. The molecular weight excluding hydrogens is 438 g/mol. The van der Waals surface area contributed by atoms with Crippen molar-refractivity contribution in [2.75, 3.05) is 16.0 Å². The van der Waals surface area contributed by atoms with Gasteiger partial charge in [0.1, 0.15) is 11.6 Å². The molecule has 0 radical (unpaired) electrons. The second-order valence-electron chi connectivity index (χ2n) is 8.49. The lowest BCUT2D eigenvalue weighted by Crippen LogP contribution is -2.13. The standard InChI is InChI=1S/C28H25N5O2/c1-18-29-25(19-7-3-2-4-8-19)17-26(30-18)31-22-10-6-11-23(16-22)32-28(35)21-13-14-24-20(15-21)9-5-12-27(34)33-24/h2-4,6-8,10-11,13-17H,5,9,12H2,1H3,(H,32,35)(H,33,34)(H,29,30,31). The zero-order chi connectivity index (χ0) is 24.2. The van der Waals surface area contributed by atoms with Gasteiger partial charge in [-0.3, -0.25) is 9.59 Å². The van der Waals surface area contributed by atoms with E-state index in [0.717, 1.165) is 41.0 Å². The minimum Gasteiger partial charge on any atom is -0.340 e. The monoisotopic (exact) mass is 463 g/mol. The van der Waals surface area contributed by atoms with Gasteiger partial charge in [-0.1, -0.05) is 36.4 Å². The van der Waals surface area contributed by atoms with Crippen molar-refractivity contribution in [2.45, 2.75) is 26.2 Å². The molecule has 1 aliphatic rings. The first-order valence-corrected chi connectivity index (χ1v) is 11.6. The Balaban J connectivity index is 1.32. The first-order chi connectivity index (χ1) is 17.0. The Morgan fingerprint density at radius 3 is 2.57 bits per heavy atom. The van der Waals surface area contributed by atoms with Gasteiger partial charge in [0, 0.05) is 40.7 Å². The maximum atomic E-state index is 12.9. The molecule has 1 aromatic heterocycles. The first-order valence-electron chi connectivity index (χ1n) is 11.6. The molecule has 4 aromatic rings. The zero-order valence-electron chi connectivity index (χ0n) is 19.3. The highest BCUT2D eigenvalue weighted by molar-refractivity contribution is 6.05. The van der Waals surface area contributed by atoms with Crippen molar-refractivity contribution in [2.24, 2.45) is 0 Å². The number of carbonyl (C=O) groups excluding carboxylic acids is 2. The maximum Gasteiger partial charge on any atom is 0.255 e. The number of amides is 2. The third kappa shape index (κ3) is 5.35. The van der Waals surface area contributed by atoms with E-state index in [1.54, 1.807) is 12.1 Å². The van der Waals surface area contributed by atoms with Crippen LogP contribution in [-0.4, -0.2) is 21.8 Å². The molecule has 0 fully saturated rings. The van der Waals surface area contributed by atoms with Crippen LogP contribution < -0.4 is 16.0 Å². The molecule has 5 rings (SSSR count). The Morgan fingerprint density at radius 2 is 1.71 bits per heavy atom. The number of aryl methyl sites for hydroxylation is 2. The van der Waals surface area contributed by atoms with Crippen LogP contribution in [0.4, 0.5) is 22.9 Å². The van der Waals surface area contributed by atoms with Crippen molar-refractivity contribution < 1.29 is 9.59 Å². The summed E-state index contributed by atoms with van der Waals surface area (Å²) < 4.78 is 0. The van der Waals surface area contributed by atoms with E-state index in [1.165, 1.54) is 0 Å². The predicted molar refractivity (Wildman–Crippen MR) is 138 cm³/mol. The summed E-state index contributed by atoms with van der Waals surface area (Å²) in [7, 11) is 0. The molecule has 0 unspecified atom stereocenters. The van der Waals surface area contributed by atoms with Crippen molar-refractivity contribution in [3.05, 3.63) is 95.8 Å². The van der Waals surface area contributed by atoms with Crippen LogP contribution in [0, 0.1) is 6.92 Å². The number of hydrogen-bond donors (Lipinski definition) is 3. The Morgan fingerprint density at radius 1 is 0.886 bits per heavy atom. The van der Waals surface area contributed by atoms with Crippen molar-refractivity contribution in [1.29, 1.82) is 0 Å². The lowest BCUT2D eigenvalue weighted by molar-refractivity contribution is -0.116. The van der Waals surface area contributed by atoms with Crippen molar-refractivity contribution in [3.63, 3.8) is 0 Å². The van der Waals surface area contributed by atoms with E-state index in [-0.39, 0.29) is 11.8 Å². The average molecular weight is 464 g/mol. The second kappa shape index (κ2) is 9.77. The van der Waals surface area contributed by atoms with E-state index in [0.29, 0.717) is 29.3 Å². The number of fused-ring (bicyclic) bond motifs is 1. The van der Waals surface area contributed by atoms with Gasteiger partial charge in [-0.25, -0.2) is 9.97 Å². The number of anilines is 4. The Kier molecular flexibility index (Phi) is 6.22. The molecule has 0 saturated carbocycles. The Bertz CT molecular complexity index is 1400. The number of nitrogens with one attached hydrogen (secondary N) is 3. The van der Waals surface area contributed by atoms with Crippen LogP contribution >= 0.6 is 0 Å². The maximum absolute atomic E-state index is 12.9. The number of nitrogens with zero attached hydrogens (tertiary/aromatic N) is 2. The number of carbonyl (C=O) groups is 2. The van der Waals surface area contributed by atoms with Crippen LogP contribution in [0.5, 0.6) is 0 Å². The minimum atomic E-state index is -0.204. The summed E-state index contributed by atoms with van der Waals surface area (Å²) in [6.07, 6.45) is 2.03. The smallest absolute Gasteiger partial charge is 0.255 e. The SMILES string of the molecule is Cc1nc(Nc2cccc(NC(=O)c3ccc4c(c3)CCCC(=O)N4)c2)cc(-c2ccccc2)n1. The summed E-state index contributed by atoms with van der Waals surface area (Å²) in [6.45, 7) is 1.86. The van der Waals surface area contributed by atoms with Crippen LogP contribution in [0.15, 0.2) is 78.9 Å². The van der Waals surface area contributed by atoms with Gasteiger partial charge in [-0.05, 0) is 61.7 Å². The summed E-state index contributed by atoms with van der Waals surface area (Å²) in [5.74, 6) is 1.15. The van der Waals surface area contributed by atoms with E-state index in [1.807, 2.05) is 73.7 Å². The largest absolute Gasteiger partial charge is 0.340 e. The highest BCUT2D eigenvalue weighted by Crippen LogP contribution is 2.26. The molecule has 0 saturated heterocycles. The van der Waals surface area contributed by atoms with Crippen LogP contribution in [-0.2, 0) is 11.2 Å². The quantitative estimate of drug-likeness (QED) is 0.352. The number of aromatic nitrogens is 2. The molecule has 7 nitrogen and oxygen atoms in total. The van der Waals surface area contributed by atoms with E-state index in [9.17, 15) is 9.59 Å². The third-order valence-corrected chi connectivity index (χ3v) is 5.79. The van der Waals surface area contributed by atoms with Gasteiger partial charge in [-0.15, -0.1) is 0 Å². The van der Waals surface area contributed by atoms with Gasteiger partial charge < -0.3 is 16.0 Å². The number of benzene rings is 3. The molecule has 174 valence electrons. The van der Waals surface area contributed by atoms with Gasteiger partial charge in [0.05, 0.1) is 5.69 Å². The van der Waals surface area contributed by atoms with Crippen molar-refractivity contribution in [1.82, 2.24) is 9.97 Å². The van der Waals surface area contributed by atoms with Crippen molar-refractivity contribution >= 4 is 34.7 Å². The molecule has 35 heavy (non-hydrogen) atoms. The normalized spacial score (nSPS) is 12.8. The topological polar surface area (TPSA) is 96.0 Å². The van der Waals surface area contributed by atoms with E-state index >= 15 is 0 Å². The van der Waals surface area contributed by atoms with Gasteiger partial charge in [0.2, 0.25) is 5.91 Å². The third-order valence-electron chi connectivity index (χ3n) is 5.79. The van der Waals surface area contributed by atoms with Gasteiger partial charge in [0.15, 0.2) is 0 Å². The van der Waals surface area contributed by atoms with Crippen LogP contribution in [0.3, 0.4) is 0 Å². The van der Waals surface area contributed by atoms with Crippen molar-refractivity contribution in [3.8, 4) is 11.3 Å². The fourth-order valence-corrected chi connectivity index (χ4v) is 4.13. The molecule has 0 spiro atoms. The number of rotatable bonds is 5. The summed E-state index contributed by atoms with van der Waals surface area (Å²) in [5.41, 5.74) is 5.63. The molecule has 1 aliphatic heterocycles. The molecule has 0 aliphatic carbocycles. The fraction of sp³-hybridized carbons (Fsp3) is 0.143. The number of hydrogen-bond acceptors (Lipinski definition) is 5. The van der Waals surface area contributed by atoms with E-state index < -0.39 is 0 Å². The van der Waals surface area contributed by atoms with E-state index in [2.05, 4.69) is 25.9 Å². The highest BCUT2D eigenvalue weighted by atomic mass is 16.2. The van der Waals surface area contributed by atoms with Crippen LogP contribution in [0.1, 0.15) is 34.6 Å². The summed E-state index contributed by atoms with van der Waals surface area (Å²) in [6, 6.07) is 24.7. The molecular formula is C28H25N5O2. The van der Waals surface area contributed by atoms with Gasteiger partial charge in [0.25, 0.3) is 5.91 Å². The highest BCUT2D eigenvalue weighted by Gasteiger charge is 2.15. The average Bonchev–Trinajstić information content (AvgIpc) is 3.04. The zero-order valence-corrected chi connectivity index (χ0v) is 19.3. The minimum absolute atomic E-state index is 0.0139. The molecule has 0 atom stereocenters. The fourth-order valence-electron chi connectivity index (χ4n) is 4.13. The van der Waals surface area contributed by atoms with Gasteiger partial charge >= 0.3 is 0 Å². The Labute approximate surface area is 203 Å². The Hall–Kier alpha value is -4.52. The summed E-state index contributed by atoms with van der Waals surface area (Å²) >= 11 is 0. The van der Waals surface area contributed by atoms with E-state index in [4.69, 9.17) is 0 Å². The molecule has 2 heterocycles. The first kappa shape index (κ1) is 22.3. The molecule has 3 aromatic carbocycles. The second-order valence-corrected chi connectivity index (χ2v) is 8.49.